The molecule has 1 aromatic heterocycles. The Kier molecular flexibility index (Phi) is 4.11. The lowest BCUT2D eigenvalue weighted by atomic mass is 10.0. The molecule has 0 bridgehead atoms. The zero-order valence-corrected chi connectivity index (χ0v) is 11.3. The van der Waals surface area contributed by atoms with E-state index in [4.69, 9.17) is 0 Å². The summed E-state index contributed by atoms with van der Waals surface area (Å²) >= 11 is 0. The smallest absolute Gasteiger partial charge is 0.0346 e. The Morgan fingerprint density at radius 2 is 1.67 bits per heavy atom. The molecule has 1 aromatic carbocycles. The van der Waals surface area contributed by atoms with Crippen molar-refractivity contribution in [3.63, 3.8) is 0 Å². The molecule has 0 amide bonds. The molecule has 2 rings (SSSR count). The topological polar surface area (TPSA) is 24.9 Å². The maximum atomic E-state index is 4.33. The van der Waals surface area contributed by atoms with Crippen molar-refractivity contribution in [1.82, 2.24) is 10.3 Å². The maximum Gasteiger partial charge on any atom is 0.0346 e. The van der Waals surface area contributed by atoms with Crippen LogP contribution in [0.3, 0.4) is 0 Å². The molecule has 2 nitrogen and oxygen atoms in total. The molecular weight excluding hydrogens is 220 g/mol. The minimum atomic E-state index is 0.877. The van der Waals surface area contributed by atoms with Gasteiger partial charge in [-0.15, -0.1) is 0 Å². The number of benzene rings is 1. The number of nitrogens with zero attached hydrogens (tertiary/aromatic N) is 1. The Bertz CT molecular complexity index is 512. The van der Waals surface area contributed by atoms with Crippen LogP contribution in [-0.4, -0.2) is 11.5 Å². The van der Waals surface area contributed by atoms with Gasteiger partial charge in [0.2, 0.25) is 0 Å². The molecule has 94 valence electrons. The fourth-order valence-corrected chi connectivity index (χ4v) is 2.15. The largest absolute Gasteiger partial charge is 0.313 e. The molecule has 18 heavy (non-hydrogen) atoms. The highest BCUT2D eigenvalue weighted by Gasteiger charge is 2.01. The van der Waals surface area contributed by atoms with E-state index in [2.05, 4.69) is 55.3 Å². The Morgan fingerprint density at radius 3 is 2.33 bits per heavy atom. The predicted octanol–water partition coefficient (Wildman–Crippen LogP) is 3.47. The minimum Gasteiger partial charge on any atom is -0.313 e. The van der Waals surface area contributed by atoms with E-state index < -0.39 is 0 Å². The number of nitrogens with one attached hydrogen (secondary N) is 1. The van der Waals surface area contributed by atoms with Crippen LogP contribution in [0.4, 0.5) is 0 Å². The van der Waals surface area contributed by atoms with E-state index in [-0.39, 0.29) is 0 Å². The van der Waals surface area contributed by atoms with Crippen molar-refractivity contribution in [2.45, 2.75) is 27.3 Å². The van der Waals surface area contributed by atoms with Crippen molar-refractivity contribution in [3.8, 4) is 11.1 Å². The van der Waals surface area contributed by atoms with Crippen LogP contribution in [0.15, 0.2) is 36.7 Å². The van der Waals surface area contributed by atoms with Crippen molar-refractivity contribution in [1.29, 1.82) is 0 Å². The van der Waals surface area contributed by atoms with Crippen molar-refractivity contribution < 1.29 is 0 Å². The van der Waals surface area contributed by atoms with Crippen LogP contribution in [0.1, 0.15) is 23.6 Å². The van der Waals surface area contributed by atoms with Gasteiger partial charge in [-0.05, 0) is 37.6 Å². The van der Waals surface area contributed by atoms with Gasteiger partial charge in [0.1, 0.15) is 0 Å². The van der Waals surface area contributed by atoms with E-state index in [1.54, 1.807) is 0 Å². The quantitative estimate of drug-likeness (QED) is 0.885. The first kappa shape index (κ1) is 12.8. The summed E-state index contributed by atoms with van der Waals surface area (Å²) in [5, 5.41) is 3.33. The van der Waals surface area contributed by atoms with E-state index in [0.29, 0.717) is 0 Å². The molecule has 2 aromatic rings. The molecule has 0 saturated carbocycles. The lowest BCUT2D eigenvalue weighted by Gasteiger charge is -2.07. The van der Waals surface area contributed by atoms with Crippen molar-refractivity contribution in [3.05, 3.63) is 53.3 Å². The lowest BCUT2D eigenvalue weighted by Crippen LogP contribution is -2.11. The van der Waals surface area contributed by atoms with Crippen LogP contribution < -0.4 is 5.32 Å². The molecule has 0 unspecified atom stereocenters. The van der Waals surface area contributed by atoms with E-state index in [9.17, 15) is 0 Å². The number of hydrogen-bond donors (Lipinski definition) is 1. The number of aromatic nitrogens is 1. The van der Waals surface area contributed by atoms with Crippen LogP contribution >= 0.6 is 0 Å². The second kappa shape index (κ2) is 5.78. The molecule has 0 spiro atoms. The molecule has 0 saturated heterocycles. The van der Waals surface area contributed by atoms with E-state index in [0.717, 1.165) is 13.1 Å². The molecule has 0 fully saturated rings. The third-order valence-corrected chi connectivity index (χ3v) is 2.93. The summed E-state index contributed by atoms with van der Waals surface area (Å²) in [5.41, 5.74) is 6.26. The summed E-state index contributed by atoms with van der Waals surface area (Å²) in [6, 6.07) is 8.82. The molecule has 2 heteroatoms. The third kappa shape index (κ3) is 3.17. The fourth-order valence-electron chi connectivity index (χ4n) is 2.15. The first-order valence-corrected chi connectivity index (χ1v) is 6.42. The van der Waals surface area contributed by atoms with Gasteiger partial charge in [0, 0.05) is 24.5 Å². The monoisotopic (exact) mass is 240 g/mol. The zero-order valence-electron chi connectivity index (χ0n) is 11.3. The highest BCUT2D eigenvalue weighted by Crippen LogP contribution is 2.22. The Morgan fingerprint density at radius 1 is 0.944 bits per heavy atom. The van der Waals surface area contributed by atoms with Crippen molar-refractivity contribution in [2.75, 3.05) is 6.54 Å². The second-order valence-electron chi connectivity index (χ2n) is 4.74. The van der Waals surface area contributed by atoms with Crippen LogP contribution in [0.5, 0.6) is 0 Å². The van der Waals surface area contributed by atoms with Crippen molar-refractivity contribution >= 4 is 0 Å². The highest BCUT2D eigenvalue weighted by atomic mass is 14.8. The summed E-state index contributed by atoms with van der Waals surface area (Å²) < 4.78 is 0. The average molecular weight is 240 g/mol. The van der Waals surface area contributed by atoms with Gasteiger partial charge >= 0.3 is 0 Å². The van der Waals surface area contributed by atoms with Crippen LogP contribution in [0, 0.1) is 13.8 Å². The van der Waals surface area contributed by atoms with Crippen LogP contribution in [-0.2, 0) is 6.54 Å². The summed E-state index contributed by atoms with van der Waals surface area (Å²) in [5.74, 6) is 0. The Hall–Kier alpha value is -1.67. The second-order valence-corrected chi connectivity index (χ2v) is 4.74. The Balaban J connectivity index is 2.32. The number of hydrogen-bond acceptors (Lipinski definition) is 2. The first-order valence-electron chi connectivity index (χ1n) is 6.42. The summed E-state index contributed by atoms with van der Waals surface area (Å²) in [6.07, 6.45) is 3.86. The normalized spacial score (nSPS) is 10.6. The van der Waals surface area contributed by atoms with Gasteiger partial charge in [-0.3, -0.25) is 4.98 Å². The molecule has 0 radical (unpaired) electrons. The first-order chi connectivity index (χ1) is 8.69. The standard InChI is InChI=1S/C16H20N2/c1-4-17-9-14-8-16(11-18-10-14)15-6-12(2)5-13(3)7-15/h5-8,10-11,17H,4,9H2,1-3H3. The van der Waals surface area contributed by atoms with Crippen LogP contribution in [0.25, 0.3) is 11.1 Å². The molecule has 1 N–H and O–H groups in total. The molecule has 0 aliphatic rings. The molecule has 0 aliphatic heterocycles. The number of pyridine rings is 1. The van der Waals surface area contributed by atoms with Gasteiger partial charge in [-0.2, -0.15) is 0 Å². The number of rotatable bonds is 4. The summed E-state index contributed by atoms with van der Waals surface area (Å²) in [6.45, 7) is 8.23. The SMILES string of the molecule is CCNCc1cncc(-c2cc(C)cc(C)c2)c1. The summed E-state index contributed by atoms with van der Waals surface area (Å²) in [7, 11) is 0. The Labute approximate surface area is 109 Å². The lowest BCUT2D eigenvalue weighted by molar-refractivity contribution is 0.724. The predicted molar refractivity (Wildman–Crippen MR) is 76.5 cm³/mol. The summed E-state index contributed by atoms with van der Waals surface area (Å²) in [4.78, 5) is 4.33. The van der Waals surface area contributed by atoms with Gasteiger partial charge in [0.25, 0.3) is 0 Å². The maximum absolute atomic E-state index is 4.33. The van der Waals surface area contributed by atoms with E-state index in [1.807, 2.05) is 12.4 Å². The van der Waals surface area contributed by atoms with Crippen LogP contribution in [0.2, 0.25) is 0 Å². The van der Waals surface area contributed by atoms with Gasteiger partial charge in [-0.1, -0.05) is 36.2 Å². The average Bonchev–Trinajstić information content (AvgIpc) is 2.35. The number of aryl methyl sites for hydroxylation is 2. The third-order valence-electron chi connectivity index (χ3n) is 2.93. The van der Waals surface area contributed by atoms with Gasteiger partial charge in [0.05, 0.1) is 0 Å². The molecule has 0 atom stereocenters. The highest BCUT2D eigenvalue weighted by molar-refractivity contribution is 5.64. The molecule has 1 heterocycles. The van der Waals surface area contributed by atoms with Gasteiger partial charge < -0.3 is 5.32 Å². The molecule has 0 aliphatic carbocycles. The van der Waals surface area contributed by atoms with Crippen molar-refractivity contribution in [2.24, 2.45) is 0 Å². The van der Waals surface area contributed by atoms with E-state index >= 15 is 0 Å². The zero-order chi connectivity index (χ0) is 13.0. The minimum absolute atomic E-state index is 0.877. The fraction of sp³-hybridized carbons (Fsp3) is 0.312. The molecular formula is C16H20N2. The van der Waals surface area contributed by atoms with E-state index in [1.165, 1.54) is 27.8 Å². The van der Waals surface area contributed by atoms with Gasteiger partial charge in [0.15, 0.2) is 0 Å². The van der Waals surface area contributed by atoms with Gasteiger partial charge in [-0.25, -0.2) is 0 Å².